The molecule has 1 rings (SSSR count). The van der Waals surface area contributed by atoms with E-state index in [1.165, 1.54) is 0 Å². The van der Waals surface area contributed by atoms with E-state index in [1.54, 1.807) is 0 Å². The van der Waals surface area contributed by atoms with Crippen LogP contribution in [0.5, 0.6) is 0 Å². The van der Waals surface area contributed by atoms with Gasteiger partial charge in [0.2, 0.25) is 0 Å². The van der Waals surface area contributed by atoms with Gasteiger partial charge in [-0.25, -0.2) is 4.79 Å². The summed E-state index contributed by atoms with van der Waals surface area (Å²) in [4.78, 5) is 11.4. The number of alkyl carbamates (subject to hydrolysis) is 1. The van der Waals surface area contributed by atoms with Gasteiger partial charge in [0, 0.05) is 13.1 Å². The number of nitrogens with one attached hydrogen (secondary N) is 2. The van der Waals surface area contributed by atoms with Crippen LogP contribution in [-0.2, 0) is 4.74 Å². The second-order valence-electron chi connectivity index (χ2n) is 5.30. The fourth-order valence-electron chi connectivity index (χ4n) is 1.83. The molecule has 1 heterocycles. The number of nitrogens with two attached hydrogens (primary N) is 1. The van der Waals surface area contributed by atoms with Crippen LogP contribution >= 0.6 is 0 Å². The van der Waals surface area contributed by atoms with Crippen LogP contribution in [0.3, 0.4) is 0 Å². The van der Waals surface area contributed by atoms with Crippen LogP contribution in [0.4, 0.5) is 4.79 Å². The van der Waals surface area contributed by atoms with Gasteiger partial charge in [-0.1, -0.05) is 0 Å². The molecule has 1 aliphatic heterocycles. The van der Waals surface area contributed by atoms with Crippen LogP contribution in [0.25, 0.3) is 0 Å². The molecule has 0 saturated carbocycles. The van der Waals surface area contributed by atoms with E-state index < -0.39 is 5.60 Å². The van der Waals surface area contributed by atoms with E-state index in [0.717, 1.165) is 13.1 Å². The molecule has 1 fully saturated rings. The minimum absolute atomic E-state index is 0.352. The molecule has 0 aliphatic carbocycles. The zero-order valence-electron chi connectivity index (χ0n) is 10.4. The van der Waals surface area contributed by atoms with E-state index in [0.29, 0.717) is 24.9 Å². The average molecular weight is 229 g/mol. The maximum atomic E-state index is 11.4. The van der Waals surface area contributed by atoms with E-state index in [2.05, 4.69) is 10.6 Å². The lowest BCUT2D eigenvalue weighted by Gasteiger charge is -2.22. The van der Waals surface area contributed by atoms with Gasteiger partial charge < -0.3 is 21.1 Å². The second kappa shape index (κ2) is 5.50. The Morgan fingerprint density at radius 1 is 1.44 bits per heavy atom. The van der Waals surface area contributed by atoms with Crippen molar-refractivity contribution in [2.24, 2.45) is 17.6 Å². The molecule has 0 aromatic rings. The van der Waals surface area contributed by atoms with Crippen LogP contribution in [0.15, 0.2) is 0 Å². The molecule has 16 heavy (non-hydrogen) atoms. The Balaban J connectivity index is 2.26. The molecule has 2 atom stereocenters. The Bertz CT molecular complexity index is 238. The Labute approximate surface area is 97.1 Å². The Hall–Kier alpha value is -0.810. The van der Waals surface area contributed by atoms with Crippen LogP contribution in [0.2, 0.25) is 0 Å². The predicted octanol–water partition coefficient (Wildman–Crippen LogP) is 0.305. The van der Waals surface area contributed by atoms with E-state index >= 15 is 0 Å². The summed E-state index contributed by atoms with van der Waals surface area (Å²) < 4.78 is 5.16. The van der Waals surface area contributed by atoms with E-state index in [-0.39, 0.29) is 6.09 Å². The first-order chi connectivity index (χ1) is 7.42. The summed E-state index contributed by atoms with van der Waals surface area (Å²) in [6.07, 6.45) is -0.352. The highest BCUT2D eigenvalue weighted by Crippen LogP contribution is 2.14. The summed E-state index contributed by atoms with van der Waals surface area (Å²) in [6.45, 7) is 8.71. The first kappa shape index (κ1) is 13.3. The highest BCUT2D eigenvalue weighted by molar-refractivity contribution is 5.67. The molecule has 0 aromatic carbocycles. The Morgan fingerprint density at radius 2 is 2.06 bits per heavy atom. The van der Waals surface area contributed by atoms with Crippen LogP contribution in [-0.4, -0.2) is 37.9 Å². The maximum absolute atomic E-state index is 11.4. The highest BCUT2D eigenvalue weighted by Gasteiger charge is 2.26. The smallest absolute Gasteiger partial charge is 0.407 e. The van der Waals surface area contributed by atoms with Gasteiger partial charge in [-0.15, -0.1) is 0 Å². The van der Waals surface area contributed by atoms with Crippen LogP contribution in [0, 0.1) is 11.8 Å². The molecular formula is C11H23N3O2. The normalized spacial score (nSPS) is 25.5. The van der Waals surface area contributed by atoms with Gasteiger partial charge in [-0.3, -0.25) is 0 Å². The van der Waals surface area contributed by atoms with E-state index in [9.17, 15) is 4.79 Å². The van der Waals surface area contributed by atoms with Crippen molar-refractivity contribution in [2.45, 2.75) is 26.4 Å². The third-order valence-electron chi connectivity index (χ3n) is 2.69. The van der Waals surface area contributed by atoms with Gasteiger partial charge in [-0.2, -0.15) is 0 Å². The third-order valence-corrected chi connectivity index (χ3v) is 2.69. The van der Waals surface area contributed by atoms with Gasteiger partial charge in [0.1, 0.15) is 5.60 Å². The third kappa shape index (κ3) is 4.37. The van der Waals surface area contributed by atoms with Crippen LogP contribution < -0.4 is 16.4 Å². The van der Waals surface area contributed by atoms with Gasteiger partial charge >= 0.3 is 6.09 Å². The molecule has 1 amide bonds. The molecule has 0 radical (unpaired) electrons. The molecule has 1 saturated heterocycles. The number of hydrogen-bond donors (Lipinski definition) is 3. The molecule has 0 aromatic heterocycles. The van der Waals surface area contributed by atoms with E-state index in [4.69, 9.17) is 10.5 Å². The summed E-state index contributed by atoms with van der Waals surface area (Å²) >= 11 is 0. The molecule has 5 nitrogen and oxygen atoms in total. The minimum atomic E-state index is -0.439. The first-order valence-corrected chi connectivity index (χ1v) is 5.80. The van der Waals surface area contributed by atoms with Crippen LogP contribution in [0.1, 0.15) is 20.8 Å². The lowest BCUT2D eigenvalue weighted by atomic mass is 9.96. The van der Waals surface area contributed by atoms with Crippen molar-refractivity contribution < 1.29 is 9.53 Å². The fourth-order valence-corrected chi connectivity index (χ4v) is 1.83. The second-order valence-corrected chi connectivity index (χ2v) is 5.30. The summed E-state index contributed by atoms with van der Waals surface area (Å²) in [5.74, 6) is 0.868. The van der Waals surface area contributed by atoms with Crippen molar-refractivity contribution in [3.8, 4) is 0 Å². The number of amides is 1. The monoisotopic (exact) mass is 229 g/mol. The highest BCUT2D eigenvalue weighted by atomic mass is 16.6. The lowest BCUT2D eigenvalue weighted by molar-refractivity contribution is 0.0517. The number of ether oxygens (including phenoxy) is 1. The van der Waals surface area contributed by atoms with Gasteiger partial charge in [0.25, 0.3) is 0 Å². The maximum Gasteiger partial charge on any atom is 0.407 e. The van der Waals surface area contributed by atoms with Gasteiger partial charge in [0.05, 0.1) is 0 Å². The van der Waals surface area contributed by atoms with E-state index in [1.807, 2.05) is 20.8 Å². The summed E-state index contributed by atoms with van der Waals surface area (Å²) in [6, 6.07) is 0. The standard InChI is InChI=1S/C11H23N3O2/c1-11(2,3)16-10(15)14-7-9-6-13-5-8(9)4-12/h8-9,13H,4-7,12H2,1-3H3,(H,14,15)/t8-,9-/m0/s1. The molecule has 5 heteroatoms. The number of hydrogen-bond acceptors (Lipinski definition) is 4. The summed E-state index contributed by atoms with van der Waals surface area (Å²) in [7, 11) is 0. The van der Waals surface area contributed by atoms with Crippen molar-refractivity contribution in [1.82, 2.24) is 10.6 Å². The first-order valence-electron chi connectivity index (χ1n) is 5.80. The fraction of sp³-hybridized carbons (Fsp3) is 0.909. The van der Waals surface area contributed by atoms with Crippen molar-refractivity contribution in [3.63, 3.8) is 0 Å². The van der Waals surface area contributed by atoms with Gasteiger partial charge in [0.15, 0.2) is 0 Å². The van der Waals surface area contributed by atoms with Crippen molar-refractivity contribution in [1.29, 1.82) is 0 Å². The average Bonchev–Trinajstić information content (AvgIpc) is 2.59. The molecular weight excluding hydrogens is 206 g/mol. The zero-order valence-corrected chi connectivity index (χ0v) is 10.4. The van der Waals surface area contributed by atoms with Crippen molar-refractivity contribution in [3.05, 3.63) is 0 Å². The summed E-state index contributed by atoms with van der Waals surface area (Å²) in [5, 5.41) is 6.06. The molecule has 0 bridgehead atoms. The quantitative estimate of drug-likeness (QED) is 0.651. The summed E-state index contributed by atoms with van der Waals surface area (Å²) in [5.41, 5.74) is 5.21. The predicted molar refractivity (Wildman–Crippen MR) is 63.1 cm³/mol. The van der Waals surface area contributed by atoms with Crippen molar-refractivity contribution in [2.75, 3.05) is 26.2 Å². The largest absolute Gasteiger partial charge is 0.444 e. The van der Waals surface area contributed by atoms with Crippen molar-refractivity contribution >= 4 is 6.09 Å². The number of carbonyl (C=O) groups is 1. The zero-order chi connectivity index (χ0) is 12.2. The SMILES string of the molecule is CC(C)(C)OC(=O)NC[C@@H]1CNC[C@@H]1CN. The number of rotatable bonds is 3. The van der Waals surface area contributed by atoms with Gasteiger partial charge in [-0.05, 0) is 45.7 Å². The molecule has 1 aliphatic rings. The minimum Gasteiger partial charge on any atom is -0.444 e. The molecule has 94 valence electrons. The molecule has 0 spiro atoms. The topological polar surface area (TPSA) is 76.4 Å². The molecule has 0 unspecified atom stereocenters. The Morgan fingerprint density at radius 3 is 2.62 bits per heavy atom. The molecule has 4 N–H and O–H groups in total. The number of carbonyl (C=O) groups excluding carboxylic acids is 1. The lowest BCUT2D eigenvalue weighted by Crippen LogP contribution is -2.38. The Kier molecular flexibility index (Phi) is 4.56.